The van der Waals surface area contributed by atoms with E-state index in [0.717, 1.165) is 6.20 Å². The van der Waals surface area contributed by atoms with Crippen LogP contribution in [0.25, 0.3) is 0 Å². The van der Waals surface area contributed by atoms with Crippen molar-refractivity contribution >= 4 is 34.0 Å². The highest BCUT2D eigenvalue weighted by Crippen LogP contribution is 2.42. The van der Waals surface area contributed by atoms with Crippen LogP contribution in [0.3, 0.4) is 0 Å². The monoisotopic (exact) mass is 931 g/mol. The zero-order valence-corrected chi connectivity index (χ0v) is 39.5. The minimum atomic E-state index is -4.33. The summed E-state index contributed by atoms with van der Waals surface area (Å²) < 4.78 is 74.2. The Morgan fingerprint density at radius 2 is 1.68 bits per heavy atom. The van der Waals surface area contributed by atoms with E-state index in [1.807, 2.05) is 32.0 Å². The highest BCUT2D eigenvalue weighted by atomic mass is 32.2. The lowest BCUT2D eigenvalue weighted by Gasteiger charge is -2.48. The SMILES string of the molecule is CC[C@H]1OC(=O)[C@H](C)[C@H]2OCC(NS(=O)(=O)c3ccc(Oc4ccccc4)nc3)CNC(=O)O[C@](C)(C[C@@H](C)C(=O)[C@H](C)[C@@H]3NC(=O)O[C@]13C)[C@H](O[C@@H]1O[C@H](C)C[C@H](N(C)C)[C@H]1O)[C@H]2C. The molecule has 4 N–H and O–H groups in total. The number of likely N-dealkylation sites (N-methyl/N-ethyl adjacent to an activating group) is 1. The van der Waals surface area contributed by atoms with Crippen molar-refractivity contribution in [3.05, 3.63) is 48.7 Å². The lowest BCUT2D eigenvalue weighted by Crippen LogP contribution is -2.61. The third-order valence-electron chi connectivity index (χ3n) is 13.3. The number of carbonyl (C=O) groups excluding carboxylic acids is 4. The maximum atomic E-state index is 14.5. The molecule has 20 heteroatoms. The summed E-state index contributed by atoms with van der Waals surface area (Å²) in [4.78, 5) is 61.9. The molecule has 15 atom stereocenters. The number of Topliss-reactive ketones (excluding diaryl/α,β-unsaturated/α-hetero) is 1. The summed E-state index contributed by atoms with van der Waals surface area (Å²) in [6.07, 6.45) is -6.28. The van der Waals surface area contributed by atoms with Crippen LogP contribution in [-0.4, -0.2) is 141 Å². The number of aromatic nitrogens is 1. The van der Waals surface area contributed by atoms with Crippen molar-refractivity contribution in [3.8, 4) is 11.6 Å². The number of esters is 1. The molecule has 0 saturated carbocycles. The molecule has 2 bridgehead atoms. The summed E-state index contributed by atoms with van der Waals surface area (Å²) in [7, 11) is -0.669. The largest absolute Gasteiger partial charge is 0.458 e. The molecule has 1 aromatic carbocycles. The quantitative estimate of drug-likeness (QED) is 0.206. The number of rotatable bonds is 9. The number of amides is 2. The Kier molecular flexibility index (Phi) is 15.5. The molecule has 19 nitrogen and oxygen atoms in total. The molecule has 1 aromatic heterocycles. The molecule has 0 radical (unpaired) electrons. The van der Waals surface area contributed by atoms with Crippen molar-refractivity contribution in [1.29, 1.82) is 0 Å². The second kappa shape index (κ2) is 20.2. The number of cyclic esters (lactones) is 1. The van der Waals surface area contributed by atoms with Gasteiger partial charge in [-0.05, 0) is 79.3 Å². The second-order valence-electron chi connectivity index (χ2n) is 18.5. The van der Waals surface area contributed by atoms with Crippen LogP contribution in [0.1, 0.15) is 74.7 Å². The number of aliphatic hydroxyl groups is 1. The Morgan fingerprint density at radius 3 is 2.32 bits per heavy atom. The van der Waals surface area contributed by atoms with Crippen LogP contribution in [-0.2, 0) is 48.0 Å². The number of ether oxygens (including phenoxy) is 7. The first-order valence-electron chi connectivity index (χ1n) is 22.3. The van der Waals surface area contributed by atoms with Crippen molar-refractivity contribution in [3.63, 3.8) is 0 Å². The average Bonchev–Trinajstić information content (AvgIpc) is 3.56. The van der Waals surface area contributed by atoms with E-state index in [-0.39, 0.29) is 48.7 Å². The zero-order chi connectivity index (χ0) is 47.6. The van der Waals surface area contributed by atoms with E-state index in [1.54, 1.807) is 72.7 Å². The number of carbonyl (C=O) groups is 4. The van der Waals surface area contributed by atoms with Gasteiger partial charge in [0.25, 0.3) is 0 Å². The molecule has 4 saturated heterocycles. The number of sulfonamides is 1. The number of benzene rings is 1. The third kappa shape index (κ3) is 11.1. The average molecular weight is 932 g/mol. The fourth-order valence-electron chi connectivity index (χ4n) is 9.82. The van der Waals surface area contributed by atoms with Gasteiger partial charge in [0.2, 0.25) is 15.9 Å². The first-order valence-corrected chi connectivity index (χ1v) is 23.7. The molecule has 5 heterocycles. The van der Waals surface area contributed by atoms with E-state index in [2.05, 4.69) is 20.3 Å². The molecule has 1 unspecified atom stereocenters. The number of para-hydroxylation sites is 1. The Morgan fingerprint density at radius 1 is 0.969 bits per heavy atom. The van der Waals surface area contributed by atoms with Crippen molar-refractivity contribution in [2.45, 2.75) is 146 Å². The standard InChI is InChI=1S/C45H65N5O14S/c1-11-33-45(8)38(48-43(55)64-45)26(4)35(51)24(2)20-44(7)39(62-41-36(52)32(50(9)10)19-25(3)59-41)27(5)37(28(6)40(53)61-33)58-23-29(21-47-42(54)63-44)49-65(56,57)31-17-18-34(46-22-31)60-30-15-13-12-14-16-30/h12-18,22,24-29,32-33,36-39,41,49,52H,11,19-21,23H2,1-10H3,(H,47,54)(H,48,55)/t24-,25-,26+,27+,28-,29?,32+,33-,36-,37+,38+,39-,41+,44-,45-/m1/s1. The van der Waals surface area contributed by atoms with Crippen LogP contribution in [0, 0.1) is 23.7 Å². The number of hydrogen-bond donors (Lipinski definition) is 4. The highest BCUT2D eigenvalue weighted by molar-refractivity contribution is 7.89. The van der Waals surface area contributed by atoms with Gasteiger partial charge < -0.3 is 53.8 Å². The van der Waals surface area contributed by atoms with Crippen molar-refractivity contribution < 1.29 is 65.9 Å². The van der Waals surface area contributed by atoms with Crippen molar-refractivity contribution in [2.75, 3.05) is 27.2 Å². The van der Waals surface area contributed by atoms with Gasteiger partial charge in [-0.15, -0.1) is 0 Å². The predicted octanol–water partition coefficient (Wildman–Crippen LogP) is 3.92. The molecule has 4 aliphatic rings. The summed E-state index contributed by atoms with van der Waals surface area (Å²) in [5.74, 6) is -4.15. The van der Waals surface area contributed by atoms with Crippen LogP contribution < -0.4 is 20.1 Å². The zero-order valence-electron chi connectivity index (χ0n) is 38.7. The molecule has 0 spiro atoms. The van der Waals surface area contributed by atoms with Gasteiger partial charge in [-0.2, -0.15) is 0 Å². The molecule has 4 fully saturated rings. The molecule has 6 rings (SSSR count). The van der Waals surface area contributed by atoms with Gasteiger partial charge in [0.05, 0.1) is 43.0 Å². The minimum Gasteiger partial charge on any atom is -0.458 e. The molecule has 0 aliphatic carbocycles. The van der Waals surface area contributed by atoms with Crippen LogP contribution >= 0.6 is 0 Å². The Labute approximate surface area is 380 Å². The van der Waals surface area contributed by atoms with E-state index in [0.29, 0.717) is 12.2 Å². The molecule has 4 aliphatic heterocycles. The van der Waals surface area contributed by atoms with E-state index < -0.39 is 112 Å². The summed E-state index contributed by atoms with van der Waals surface area (Å²) in [6.45, 7) is 12.8. The minimum absolute atomic E-state index is 0.137. The molecule has 360 valence electrons. The third-order valence-corrected chi connectivity index (χ3v) is 14.8. The van der Waals surface area contributed by atoms with Crippen molar-refractivity contribution in [1.82, 2.24) is 25.2 Å². The van der Waals surface area contributed by atoms with Gasteiger partial charge in [0.15, 0.2) is 11.9 Å². The van der Waals surface area contributed by atoms with E-state index in [9.17, 15) is 32.7 Å². The molecular formula is C45H65N5O14S. The Bertz CT molecular complexity index is 2120. The van der Waals surface area contributed by atoms with Crippen LogP contribution in [0.15, 0.2) is 53.6 Å². The normalized spacial score (nSPS) is 37.6. The molecule has 2 amide bonds. The highest BCUT2D eigenvalue weighted by Gasteiger charge is 2.58. The maximum absolute atomic E-state index is 14.5. The topological polar surface area (TPSA) is 239 Å². The van der Waals surface area contributed by atoms with Gasteiger partial charge in [0, 0.05) is 36.4 Å². The number of pyridine rings is 1. The fraction of sp³-hybridized carbons (Fsp3) is 0.667. The van der Waals surface area contributed by atoms with Gasteiger partial charge in [-0.3, -0.25) is 9.59 Å². The number of alkyl carbamates (subject to hydrolysis) is 2. The van der Waals surface area contributed by atoms with Crippen LogP contribution in [0.4, 0.5) is 9.59 Å². The van der Waals surface area contributed by atoms with E-state index >= 15 is 0 Å². The van der Waals surface area contributed by atoms with E-state index in [4.69, 9.17) is 33.2 Å². The lowest BCUT2D eigenvalue weighted by molar-refractivity contribution is -0.299. The van der Waals surface area contributed by atoms with Crippen LogP contribution in [0.2, 0.25) is 0 Å². The maximum Gasteiger partial charge on any atom is 0.408 e. The number of ketones is 1. The number of nitrogens with zero attached hydrogens (tertiary/aromatic N) is 2. The summed E-state index contributed by atoms with van der Waals surface area (Å²) >= 11 is 0. The molecule has 2 aromatic rings. The summed E-state index contributed by atoms with van der Waals surface area (Å²) in [5.41, 5.74) is -3.18. The van der Waals surface area contributed by atoms with Crippen molar-refractivity contribution in [2.24, 2.45) is 23.7 Å². The molecule has 65 heavy (non-hydrogen) atoms. The summed E-state index contributed by atoms with van der Waals surface area (Å²) in [6, 6.07) is 9.13. The first-order chi connectivity index (χ1) is 30.6. The second-order valence-corrected chi connectivity index (χ2v) is 20.3. The lowest BCUT2D eigenvalue weighted by atomic mass is 9.73. The fourth-order valence-corrected chi connectivity index (χ4v) is 11.0. The molecular weight excluding hydrogens is 867 g/mol. The smallest absolute Gasteiger partial charge is 0.408 e. The van der Waals surface area contributed by atoms with Crippen LogP contribution in [0.5, 0.6) is 11.6 Å². The Balaban J connectivity index is 1.41. The first kappa shape index (κ1) is 50.0. The van der Waals surface area contributed by atoms with Gasteiger partial charge >= 0.3 is 18.2 Å². The van der Waals surface area contributed by atoms with Gasteiger partial charge in [-0.25, -0.2) is 27.7 Å². The summed E-state index contributed by atoms with van der Waals surface area (Å²) in [5, 5.41) is 17.2. The van der Waals surface area contributed by atoms with Gasteiger partial charge in [0.1, 0.15) is 40.3 Å². The Hall–Kier alpha value is -4.44. The van der Waals surface area contributed by atoms with E-state index in [1.165, 1.54) is 12.1 Å². The predicted molar refractivity (Wildman–Crippen MR) is 233 cm³/mol. The number of hydrogen-bond acceptors (Lipinski definition) is 16. The van der Waals surface area contributed by atoms with Gasteiger partial charge in [-0.1, -0.05) is 45.9 Å². The number of aliphatic hydroxyl groups excluding tert-OH is 1. The number of fused-ring (bicyclic) bond motifs is 4. The number of nitrogens with one attached hydrogen (secondary N) is 3.